The number of imidazole rings is 1. The van der Waals surface area contributed by atoms with Gasteiger partial charge in [-0.3, -0.25) is 19.0 Å². The number of aryl methyl sites for hydroxylation is 1. The normalized spacial score (nSPS) is 13.7. The van der Waals surface area contributed by atoms with Crippen molar-refractivity contribution in [2.24, 2.45) is 0 Å². The van der Waals surface area contributed by atoms with Crippen LogP contribution in [-0.4, -0.2) is 37.6 Å². The predicted molar refractivity (Wildman–Crippen MR) is 177 cm³/mol. The lowest BCUT2D eigenvalue weighted by molar-refractivity contribution is -0.114. The largest absolute Gasteiger partial charge is 0.383 e. The lowest BCUT2D eigenvalue weighted by Crippen LogP contribution is -2.27. The summed E-state index contributed by atoms with van der Waals surface area (Å²) in [4.78, 5) is 50.6. The third-order valence-electron chi connectivity index (χ3n) is 8.17. The average molecular weight is 608 g/mol. The SMILES string of the molecule is CC(=O)Nc1ccc(C(=O)N[C@H]2CCc3cc(-n4c(-c5cccnc5N)nc5ccc(-c6ccccc6)nc54)ccc32)cc1C=O. The maximum Gasteiger partial charge on any atom is 0.251 e. The van der Waals surface area contributed by atoms with Crippen LogP contribution >= 0.6 is 0 Å². The van der Waals surface area contributed by atoms with Gasteiger partial charge in [0.25, 0.3) is 5.91 Å². The second kappa shape index (κ2) is 11.7. The molecule has 226 valence electrons. The first-order valence-electron chi connectivity index (χ1n) is 14.9. The summed E-state index contributed by atoms with van der Waals surface area (Å²) in [6, 6.07) is 28.2. The van der Waals surface area contributed by atoms with E-state index < -0.39 is 0 Å². The Labute approximate surface area is 264 Å². The second-order valence-electron chi connectivity index (χ2n) is 11.2. The van der Waals surface area contributed by atoms with Gasteiger partial charge in [0.2, 0.25) is 5.91 Å². The van der Waals surface area contributed by atoms with Crippen LogP contribution in [0.3, 0.4) is 0 Å². The molecule has 2 amide bonds. The van der Waals surface area contributed by atoms with E-state index in [1.54, 1.807) is 18.3 Å². The van der Waals surface area contributed by atoms with Crippen molar-refractivity contribution in [1.82, 2.24) is 24.8 Å². The van der Waals surface area contributed by atoms with E-state index >= 15 is 0 Å². The van der Waals surface area contributed by atoms with Crippen LogP contribution in [0.2, 0.25) is 0 Å². The molecule has 4 N–H and O–H groups in total. The zero-order chi connectivity index (χ0) is 31.8. The summed E-state index contributed by atoms with van der Waals surface area (Å²) >= 11 is 0. The smallest absolute Gasteiger partial charge is 0.251 e. The molecule has 1 atom stereocenters. The molecule has 0 spiro atoms. The number of benzene rings is 3. The van der Waals surface area contributed by atoms with E-state index in [-0.39, 0.29) is 23.4 Å². The van der Waals surface area contributed by atoms with Gasteiger partial charge in [-0.1, -0.05) is 36.4 Å². The molecule has 0 bridgehead atoms. The highest BCUT2D eigenvalue weighted by atomic mass is 16.2. The summed E-state index contributed by atoms with van der Waals surface area (Å²) in [5.74, 6) is 0.408. The first-order valence-corrected chi connectivity index (χ1v) is 14.9. The standard InChI is InChI=1S/C36H29N7O3/c1-21(45)39-30-13-10-24(18-25(30)20-44)36(46)42-31-14-9-23-19-26(11-12-27(23)31)43-34(28-8-5-17-38-33(28)37)41-32-16-15-29(40-35(32)43)22-6-3-2-4-7-22/h2-8,10-13,15-20,31H,9,14H2,1H3,(H2,37,38)(H,39,45)(H,42,46)/t31-/m0/s1. The van der Waals surface area contributed by atoms with Gasteiger partial charge in [-0.15, -0.1) is 0 Å². The Hall–Kier alpha value is -6.16. The van der Waals surface area contributed by atoms with Crippen molar-refractivity contribution in [3.63, 3.8) is 0 Å². The Balaban J connectivity index is 1.25. The molecule has 7 rings (SSSR count). The van der Waals surface area contributed by atoms with Crippen molar-refractivity contribution in [3.05, 3.63) is 119 Å². The molecule has 3 aromatic carbocycles. The Morgan fingerprint density at radius 1 is 0.957 bits per heavy atom. The fourth-order valence-electron chi connectivity index (χ4n) is 6.00. The number of aldehydes is 1. The summed E-state index contributed by atoms with van der Waals surface area (Å²) < 4.78 is 2.01. The summed E-state index contributed by atoms with van der Waals surface area (Å²) in [5.41, 5.74) is 14.2. The highest BCUT2D eigenvalue weighted by Gasteiger charge is 2.26. The van der Waals surface area contributed by atoms with Crippen molar-refractivity contribution in [3.8, 4) is 28.3 Å². The number of carbonyl (C=O) groups is 3. The number of fused-ring (bicyclic) bond motifs is 2. The lowest BCUT2D eigenvalue weighted by atomic mass is 10.1. The van der Waals surface area contributed by atoms with Crippen molar-refractivity contribution < 1.29 is 14.4 Å². The zero-order valence-corrected chi connectivity index (χ0v) is 24.9. The molecule has 0 radical (unpaired) electrons. The molecule has 10 heteroatoms. The summed E-state index contributed by atoms with van der Waals surface area (Å²) in [6.07, 6.45) is 3.76. The van der Waals surface area contributed by atoms with Crippen molar-refractivity contribution in [2.75, 3.05) is 11.1 Å². The van der Waals surface area contributed by atoms with E-state index in [1.165, 1.54) is 13.0 Å². The molecule has 3 aromatic heterocycles. The van der Waals surface area contributed by atoms with Crippen molar-refractivity contribution in [2.45, 2.75) is 25.8 Å². The van der Waals surface area contributed by atoms with Crippen LogP contribution in [0.1, 0.15) is 51.2 Å². The fraction of sp³-hybridized carbons (Fsp3) is 0.111. The fourth-order valence-corrected chi connectivity index (χ4v) is 6.00. The summed E-state index contributed by atoms with van der Waals surface area (Å²) in [5, 5.41) is 5.73. The van der Waals surface area contributed by atoms with Gasteiger partial charge in [0.1, 0.15) is 11.3 Å². The molecule has 3 heterocycles. The van der Waals surface area contributed by atoms with Crippen molar-refractivity contribution >= 4 is 40.8 Å². The number of nitrogens with one attached hydrogen (secondary N) is 2. The number of hydrogen-bond acceptors (Lipinski definition) is 7. The third-order valence-corrected chi connectivity index (χ3v) is 8.17. The molecule has 0 fully saturated rings. The Kier molecular flexibility index (Phi) is 7.30. The number of anilines is 2. The number of aromatic nitrogens is 4. The van der Waals surface area contributed by atoms with Crippen LogP contribution in [0.25, 0.3) is 39.5 Å². The number of carbonyl (C=O) groups excluding carboxylic acids is 3. The molecule has 10 nitrogen and oxygen atoms in total. The molecular weight excluding hydrogens is 578 g/mol. The Morgan fingerprint density at radius 3 is 2.59 bits per heavy atom. The first-order chi connectivity index (χ1) is 22.4. The van der Waals surface area contributed by atoms with E-state index in [0.717, 1.165) is 46.4 Å². The van der Waals surface area contributed by atoms with Gasteiger partial charge >= 0.3 is 0 Å². The molecule has 0 saturated carbocycles. The topological polar surface area (TPSA) is 145 Å². The molecule has 1 aliphatic rings. The van der Waals surface area contributed by atoms with Gasteiger partial charge < -0.3 is 16.4 Å². The maximum atomic E-state index is 13.2. The van der Waals surface area contributed by atoms with E-state index in [4.69, 9.17) is 15.7 Å². The van der Waals surface area contributed by atoms with E-state index in [2.05, 4.69) is 21.7 Å². The minimum absolute atomic E-state index is 0.206. The molecule has 0 saturated heterocycles. The molecule has 1 aliphatic carbocycles. The number of nitrogen functional groups attached to an aromatic ring is 1. The number of amides is 2. The zero-order valence-electron chi connectivity index (χ0n) is 24.9. The van der Waals surface area contributed by atoms with Gasteiger partial charge in [-0.25, -0.2) is 15.0 Å². The van der Waals surface area contributed by atoms with E-state index in [1.807, 2.05) is 71.3 Å². The Bertz CT molecular complexity index is 2160. The first kappa shape index (κ1) is 28.6. The highest BCUT2D eigenvalue weighted by molar-refractivity contribution is 6.00. The number of pyridine rings is 2. The molecule has 6 aromatic rings. The Morgan fingerprint density at radius 2 is 1.80 bits per heavy atom. The lowest BCUT2D eigenvalue weighted by Gasteiger charge is -2.16. The number of hydrogen-bond donors (Lipinski definition) is 3. The highest BCUT2D eigenvalue weighted by Crippen LogP contribution is 2.36. The van der Waals surface area contributed by atoms with Crippen molar-refractivity contribution in [1.29, 1.82) is 0 Å². The molecule has 0 aliphatic heterocycles. The minimum Gasteiger partial charge on any atom is -0.383 e. The quantitative estimate of drug-likeness (QED) is 0.191. The van der Waals surface area contributed by atoms with Crippen LogP contribution in [-0.2, 0) is 11.2 Å². The van der Waals surface area contributed by atoms with Crippen LogP contribution in [0.5, 0.6) is 0 Å². The summed E-state index contributed by atoms with van der Waals surface area (Å²) in [7, 11) is 0. The van der Waals surface area contributed by atoms with Crippen LogP contribution in [0.15, 0.2) is 97.2 Å². The maximum absolute atomic E-state index is 13.2. The van der Waals surface area contributed by atoms with Gasteiger partial charge in [0, 0.05) is 35.5 Å². The molecular formula is C36H29N7O3. The average Bonchev–Trinajstić information content (AvgIpc) is 3.65. The van der Waals surface area contributed by atoms with E-state index in [9.17, 15) is 14.4 Å². The predicted octanol–water partition coefficient (Wildman–Crippen LogP) is 5.92. The number of rotatable bonds is 7. The van der Waals surface area contributed by atoms with Gasteiger partial charge in [0.05, 0.1) is 23.0 Å². The molecule has 46 heavy (non-hydrogen) atoms. The minimum atomic E-state index is -0.299. The van der Waals surface area contributed by atoms with E-state index in [0.29, 0.717) is 40.4 Å². The van der Waals surface area contributed by atoms with Crippen LogP contribution in [0, 0.1) is 0 Å². The van der Waals surface area contributed by atoms with Gasteiger partial charge in [-0.2, -0.15) is 0 Å². The number of nitrogens with zero attached hydrogens (tertiary/aromatic N) is 4. The van der Waals surface area contributed by atoms with Gasteiger partial charge in [0.15, 0.2) is 17.8 Å². The molecule has 0 unspecified atom stereocenters. The second-order valence-corrected chi connectivity index (χ2v) is 11.2. The van der Waals surface area contributed by atoms with Crippen LogP contribution in [0.4, 0.5) is 11.5 Å². The third kappa shape index (κ3) is 5.26. The van der Waals surface area contributed by atoms with Gasteiger partial charge in [-0.05, 0) is 78.6 Å². The summed E-state index contributed by atoms with van der Waals surface area (Å²) in [6.45, 7) is 1.36. The monoisotopic (exact) mass is 607 g/mol. The number of nitrogens with two attached hydrogens (primary N) is 1. The van der Waals surface area contributed by atoms with Crippen LogP contribution < -0.4 is 16.4 Å².